The van der Waals surface area contributed by atoms with Crippen LogP contribution in [0, 0.1) is 6.92 Å². The van der Waals surface area contributed by atoms with Gasteiger partial charge in [0, 0.05) is 18.7 Å². The first-order valence-corrected chi connectivity index (χ1v) is 8.56. The normalized spacial score (nSPS) is 17.2. The molecule has 2 aromatic carbocycles. The number of hydrogen-bond donors (Lipinski definition) is 2. The van der Waals surface area contributed by atoms with Gasteiger partial charge in [0.15, 0.2) is 0 Å². The second kappa shape index (κ2) is 6.40. The summed E-state index contributed by atoms with van der Waals surface area (Å²) in [7, 11) is 0. The van der Waals surface area contributed by atoms with Gasteiger partial charge < -0.3 is 10.6 Å². The highest BCUT2D eigenvalue weighted by molar-refractivity contribution is 5.94. The number of carbonyl (C=O) groups is 1. The Labute approximate surface area is 144 Å². The van der Waals surface area contributed by atoms with Gasteiger partial charge in [0.05, 0.1) is 6.04 Å². The molecule has 126 valence electrons. The number of hydrogen-bond acceptors (Lipinski definition) is 2. The molecule has 0 aliphatic carbocycles. The molecule has 3 nitrogen and oxygen atoms in total. The topological polar surface area (TPSA) is 41.1 Å². The van der Waals surface area contributed by atoms with Gasteiger partial charge in [-0.15, -0.1) is 0 Å². The van der Waals surface area contributed by atoms with Gasteiger partial charge in [-0.2, -0.15) is 0 Å². The summed E-state index contributed by atoms with van der Waals surface area (Å²) in [5, 5.41) is 6.56. The molecule has 0 saturated carbocycles. The Hall–Kier alpha value is -2.13. The number of nitrogens with one attached hydrogen (secondary N) is 2. The van der Waals surface area contributed by atoms with Crippen LogP contribution in [-0.4, -0.2) is 12.5 Å². The van der Waals surface area contributed by atoms with Gasteiger partial charge in [-0.25, -0.2) is 0 Å². The van der Waals surface area contributed by atoms with E-state index in [0.717, 1.165) is 13.1 Å². The highest BCUT2D eigenvalue weighted by Gasteiger charge is 2.22. The van der Waals surface area contributed by atoms with E-state index in [2.05, 4.69) is 56.5 Å². The Kier molecular flexibility index (Phi) is 4.46. The summed E-state index contributed by atoms with van der Waals surface area (Å²) >= 11 is 0. The Morgan fingerprint density at radius 2 is 1.83 bits per heavy atom. The van der Waals surface area contributed by atoms with Crippen LogP contribution in [-0.2, 0) is 12.0 Å². The first kappa shape index (κ1) is 16.7. The van der Waals surface area contributed by atoms with Crippen LogP contribution in [0.1, 0.15) is 59.4 Å². The maximum atomic E-state index is 12.6. The lowest BCUT2D eigenvalue weighted by atomic mass is 9.86. The predicted molar refractivity (Wildman–Crippen MR) is 98.2 cm³/mol. The van der Waals surface area contributed by atoms with Crippen molar-refractivity contribution >= 4 is 5.91 Å². The molecule has 1 amide bonds. The van der Waals surface area contributed by atoms with Crippen molar-refractivity contribution in [2.24, 2.45) is 0 Å². The Bertz CT molecular complexity index is 741. The average Bonchev–Trinajstić information content (AvgIpc) is 2.54. The van der Waals surface area contributed by atoms with Crippen molar-refractivity contribution in [3.05, 3.63) is 70.3 Å². The smallest absolute Gasteiger partial charge is 0.251 e. The third kappa shape index (κ3) is 3.51. The van der Waals surface area contributed by atoms with E-state index in [0.29, 0.717) is 5.56 Å². The van der Waals surface area contributed by atoms with E-state index in [4.69, 9.17) is 0 Å². The minimum Gasteiger partial charge on any atom is -0.344 e. The minimum absolute atomic E-state index is 0.0170. The lowest BCUT2D eigenvalue weighted by Crippen LogP contribution is -2.39. The molecule has 0 spiro atoms. The van der Waals surface area contributed by atoms with E-state index in [9.17, 15) is 4.79 Å². The zero-order chi connectivity index (χ0) is 17.3. The Morgan fingerprint density at radius 1 is 1.12 bits per heavy atom. The molecule has 2 aromatic rings. The number of fused-ring (bicyclic) bond motifs is 1. The number of carbonyl (C=O) groups excluding carboxylic acids is 1. The molecular weight excluding hydrogens is 296 g/mol. The maximum absolute atomic E-state index is 12.6. The second-order valence-electron chi connectivity index (χ2n) is 7.69. The van der Waals surface area contributed by atoms with Crippen LogP contribution in [0.5, 0.6) is 0 Å². The summed E-state index contributed by atoms with van der Waals surface area (Å²) in [6.45, 7) is 10.2. The monoisotopic (exact) mass is 322 g/mol. The Morgan fingerprint density at radius 3 is 2.50 bits per heavy atom. The molecule has 2 N–H and O–H groups in total. The third-order valence-electron chi connectivity index (χ3n) is 4.66. The van der Waals surface area contributed by atoms with Gasteiger partial charge in [-0.05, 0) is 41.2 Å². The molecule has 1 unspecified atom stereocenters. The molecule has 1 aliphatic rings. The Balaban J connectivity index is 1.78. The van der Waals surface area contributed by atoms with Crippen LogP contribution in [0.2, 0.25) is 0 Å². The molecule has 1 atom stereocenters. The average molecular weight is 322 g/mol. The SMILES string of the molecule is Cc1ccc2c(c1)C(NC(=O)c1ccc(C(C)(C)C)cc1)CNC2. The van der Waals surface area contributed by atoms with Gasteiger partial charge in [-0.3, -0.25) is 4.79 Å². The van der Waals surface area contributed by atoms with Crippen molar-refractivity contribution in [2.45, 2.75) is 45.7 Å². The van der Waals surface area contributed by atoms with E-state index in [1.807, 2.05) is 24.3 Å². The zero-order valence-corrected chi connectivity index (χ0v) is 14.9. The van der Waals surface area contributed by atoms with Crippen molar-refractivity contribution in [3.63, 3.8) is 0 Å². The van der Waals surface area contributed by atoms with Crippen LogP contribution in [0.4, 0.5) is 0 Å². The molecule has 0 radical (unpaired) electrons. The largest absolute Gasteiger partial charge is 0.344 e. The number of benzene rings is 2. The fourth-order valence-electron chi connectivity index (χ4n) is 3.15. The van der Waals surface area contributed by atoms with Gasteiger partial charge in [0.25, 0.3) is 5.91 Å². The van der Waals surface area contributed by atoms with Crippen molar-refractivity contribution in [1.29, 1.82) is 0 Å². The molecule has 0 bridgehead atoms. The number of amides is 1. The molecule has 0 saturated heterocycles. The predicted octanol–water partition coefficient (Wildman–Crippen LogP) is 3.87. The summed E-state index contributed by atoms with van der Waals surface area (Å²) in [6.07, 6.45) is 0. The summed E-state index contributed by atoms with van der Waals surface area (Å²) in [6, 6.07) is 14.4. The molecule has 24 heavy (non-hydrogen) atoms. The van der Waals surface area contributed by atoms with Crippen molar-refractivity contribution < 1.29 is 4.79 Å². The minimum atomic E-state index is -0.0170. The summed E-state index contributed by atoms with van der Waals surface area (Å²) in [4.78, 5) is 12.6. The van der Waals surface area contributed by atoms with Crippen molar-refractivity contribution in [1.82, 2.24) is 10.6 Å². The van der Waals surface area contributed by atoms with Gasteiger partial charge in [-0.1, -0.05) is 56.7 Å². The number of rotatable bonds is 2. The highest BCUT2D eigenvalue weighted by Crippen LogP contribution is 2.25. The lowest BCUT2D eigenvalue weighted by Gasteiger charge is -2.28. The van der Waals surface area contributed by atoms with E-state index in [1.165, 1.54) is 22.3 Å². The van der Waals surface area contributed by atoms with Gasteiger partial charge in [0.1, 0.15) is 0 Å². The lowest BCUT2D eigenvalue weighted by molar-refractivity contribution is 0.0934. The highest BCUT2D eigenvalue weighted by atomic mass is 16.1. The molecule has 1 heterocycles. The van der Waals surface area contributed by atoms with Crippen LogP contribution in [0.15, 0.2) is 42.5 Å². The fraction of sp³-hybridized carbons (Fsp3) is 0.381. The first-order valence-electron chi connectivity index (χ1n) is 8.56. The molecule has 0 aromatic heterocycles. The van der Waals surface area contributed by atoms with Gasteiger partial charge >= 0.3 is 0 Å². The molecular formula is C21H26N2O. The van der Waals surface area contributed by atoms with E-state index in [-0.39, 0.29) is 17.4 Å². The van der Waals surface area contributed by atoms with E-state index < -0.39 is 0 Å². The number of aryl methyl sites for hydroxylation is 1. The van der Waals surface area contributed by atoms with Crippen LogP contribution < -0.4 is 10.6 Å². The summed E-state index contributed by atoms with van der Waals surface area (Å²) < 4.78 is 0. The second-order valence-corrected chi connectivity index (χ2v) is 7.69. The van der Waals surface area contributed by atoms with Gasteiger partial charge in [0.2, 0.25) is 0 Å². The summed E-state index contributed by atoms with van der Waals surface area (Å²) in [5.74, 6) is -0.0170. The van der Waals surface area contributed by atoms with Crippen LogP contribution >= 0.6 is 0 Å². The standard InChI is InChI=1S/C21H26N2O/c1-14-5-6-16-12-22-13-19(18(16)11-14)23-20(24)15-7-9-17(10-8-15)21(2,3)4/h5-11,19,22H,12-13H2,1-4H3,(H,23,24). The zero-order valence-electron chi connectivity index (χ0n) is 14.9. The molecule has 1 aliphatic heterocycles. The molecule has 0 fully saturated rings. The first-order chi connectivity index (χ1) is 11.3. The van der Waals surface area contributed by atoms with Crippen LogP contribution in [0.3, 0.4) is 0 Å². The quantitative estimate of drug-likeness (QED) is 0.881. The van der Waals surface area contributed by atoms with E-state index in [1.54, 1.807) is 0 Å². The maximum Gasteiger partial charge on any atom is 0.251 e. The van der Waals surface area contributed by atoms with E-state index >= 15 is 0 Å². The fourth-order valence-corrected chi connectivity index (χ4v) is 3.15. The molecule has 3 heteroatoms. The summed E-state index contributed by atoms with van der Waals surface area (Å²) in [5.41, 5.74) is 5.76. The van der Waals surface area contributed by atoms with Crippen LogP contribution in [0.25, 0.3) is 0 Å². The third-order valence-corrected chi connectivity index (χ3v) is 4.66. The van der Waals surface area contributed by atoms with Crippen molar-refractivity contribution in [2.75, 3.05) is 6.54 Å². The van der Waals surface area contributed by atoms with Crippen molar-refractivity contribution in [3.8, 4) is 0 Å². The molecule has 3 rings (SSSR count).